The minimum Gasteiger partial charge on any atom is -0.354 e. The second-order valence-corrected chi connectivity index (χ2v) is 13.5. The third-order valence-electron chi connectivity index (χ3n) is 7.14. The first kappa shape index (κ1) is 34.3. The van der Waals surface area contributed by atoms with Gasteiger partial charge in [0.05, 0.1) is 20.6 Å². The smallest absolute Gasteiger partial charge is 0.264 e. The summed E-state index contributed by atoms with van der Waals surface area (Å²) in [5.74, 6) is -0.937. The minimum atomic E-state index is -4.22. The van der Waals surface area contributed by atoms with Crippen molar-refractivity contribution >= 4 is 62.3 Å². The van der Waals surface area contributed by atoms with Gasteiger partial charge < -0.3 is 10.2 Å². The maximum atomic E-state index is 14.5. The Morgan fingerprint density at radius 1 is 0.800 bits per heavy atom. The van der Waals surface area contributed by atoms with E-state index < -0.39 is 28.5 Å². The van der Waals surface area contributed by atoms with Gasteiger partial charge >= 0.3 is 0 Å². The van der Waals surface area contributed by atoms with Gasteiger partial charge in [0.15, 0.2) is 0 Å². The molecule has 4 rings (SSSR count). The number of halogens is 3. The van der Waals surface area contributed by atoms with Crippen molar-refractivity contribution in [3.05, 3.63) is 129 Å². The SMILES string of the molecule is CCCCNC(=O)[C@@H](Cc1ccccc1)N(Cc1ccc(Cl)c(Cl)c1)C(=O)CN(c1cccc(Cl)c1)S(=O)(=O)c1ccccc1. The molecule has 0 heterocycles. The molecule has 4 aromatic carbocycles. The van der Waals surface area contributed by atoms with Crippen LogP contribution in [-0.2, 0) is 32.6 Å². The van der Waals surface area contributed by atoms with Gasteiger partial charge in [-0.25, -0.2) is 8.42 Å². The van der Waals surface area contributed by atoms with Crippen LogP contribution in [0.25, 0.3) is 0 Å². The fraction of sp³-hybridized carbons (Fsp3) is 0.235. The average molecular weight is 687 g/mol. The van der Waals surface area contributed by atoms with E-state index >= 15 is 0 Å². The van der Waals surface area contributed by atoms with Crippen molar-refractivity contribution in [2.45, 2.75) is 43.7 Å². The number of carbonyl (C=O) groups excluding carboxylic acids is 2. The Balaban J connectivity index is 1.80. The highest BCUT2D eigenvalue weighted by Gasteiger charge is 2.34. The quantitative estimate of drug-likeness (QED) is 0.140. The lowest BCUT2D eigenvalue weighted by molar-refractivity contribution is -0.140. The number of benzene rings is 4. The van der Waals surface area contributed by atoms with Crippen LogP contribution in [0.3, 0.4) is 0 Å². The molecule has 0 fully saturated rings. The molecular weight excluding hydrogens is 653 g/mol. The van der Waals surface area contributed by atoms with Crippen LogP contribution in [0.2, 0.25) is 15.1 Å². The lowest BCUT2D eigenvalue weighted by atomic mass is 10.0. The van der Waals surface area contributed by atoms with Crippen molar-refractivity contribution in [3.8, 4) is 0 Å². The van der Waals surface area contributed by atoms with Crippen molar-refractivity contribution in [2.24, 2.45) is 0 Å². The molecule has 4 aromatic rings. The summed E-state index contributed by atoms with van der Waals surface area (Å²) < 4.78 is 29.0. The predicted octanol–water partition coefficient (Wildman–Crippen LogP) is 7.40. The third kappa shape index (κ3) is 9.23. The number of carbonyl (C=O) groups is 2. The molecule has 0 unspecified atom stereocenters. The van der Waals surface area contributed by atoms with Gasteiger partial charge in [0.2, 0.25) is 11.8 Å². The van der Waals surface area contributed by atoms with E-state index in [-0.39, 0.29) is 29.5 Å². The summed E-state index contributed by atoms with van der Waals surface area (Å²) in [5.41, 5.74) is 1.67. The maximum Gasteiger partial charge on any atom is 0.264 e. The highest BCUT2D eigenvalue weighted by atomic mass is 35.5. The van der Waals surface area contributed by atoms with E-state index in [4.69, 9.17) is 34.8 Å². The van der Waals surface area contributed by atoms with E-state index in [0.717, 1.165) is 22.7 Å². The standard InChI is InChI=1S/C34H34Cl3N3O4S/c1-2-3-19-38-34(42)32(21-25-11-6-4-7-12-25)39(23-26-17-18-30(36)31(37)20-26)33(41)24-40(28-14-10-13-27(35)22-28)45(43,44)29-15-8-5-9-16-29/h4-18,20,22,32H,2-3,19,21,23-24H2,1H3,(H,38,42)/t32-/m1/s1. The van der Waals surface area contributed by atoms with Crippen molar-refractivity contribution in [3.63, 3.8) is 0 Å². The molecule has 0 aromatic heterocycles. The maximum absolute atomic E-state index is 14.5. The number of nitrogens with one attached hydrogen (secondary N) is 1. The lowest BCUT2D eigenvalue weighted by Gasteiger charge is -2.34. The molecule has 0 saturated carbocycles. The molecule has 7 nitrogen and oxygen atoms in total. The van der Waals surface area contributed by atoms with Gasteiger partial charge in [0.25, 0.3) is 10.0 Å². The highest BCUT2D eigenvalue weighted by Crippen LogP contribution is 2.28. The molecule has 1 atom stereocenters. The van der Waals surface area contributed by atoms with Gasteiger partial charge in [-0.2, -0.15) is 0 Å². The van der Waals surface area contributed by atoms with Gasteiger partial charge in [-0.05, 0) is 60.0 Å². The van der Waals surface area contributed by atoms with Crippen LogP contribution in [0.15, 0.2) is 108 Å². The van der Waals surface area contributed by atoms with E-state index in [1.807, 2.05) is 37.3 Å². The molecule has 0 radical (unpaired) electrons. The summed E-state index contributed by atoms with van der Waals surface area (Å²) in [7, 11) is -4.22. The lowest BCUT2D eigenvalue weighted by Crippen LogP contribution is -2.53. The molecule has 0 aliphatic heterocycles. The molecular formula is C34H34Cl3N3O4S. The van der Waals surface area contributed by atoms with Gasteiger partial charge in [-0.15, -0.1) is 0 Å². The number of hydrogen-bond donors (Lipinski definition) is 1. The second-order valence-electron chi connectivity index (χ2n) is 10.4. The van der Waals surface area contributed by atoms with E-state index in [2.05, 4.69) is 5.32 Å². The Morgan fingerprint density at radius 2 is 1.49 bits per heavy atom. The number of anilines is 1. The monoisotopic (exact) mass is 685 g/mol. The Kier molecular flexibility index (Phi) is 12.3. The summed E-state index contributed by atoms with van der Waals surface area (Å²) in [5, 5.41) is 3.91. The third-order valence-corrected chi connectivity index (χ3v) is 9.91. The van der Waals surface area contributed by atoms with Crippen molar-refractivity contribution in [1.29, 1.82) is 0 Å². The van der Waals surface area contributed by atoms with Gasteiger partial charge in [0.1, 0.15) is 12.6 Å². The predicted molar refractivity (Wildman–Crippen MR) is 181 cm³/mol. The number of rotatable bonds is 14. The zero-order valence-corrected chi connectivity index (χ0v) is 27.8. The van der Waals surface area contributed by atoms with Crippen molar-refractivity contribution < 1.29 is 18.0 Å². The summed E-state index contributed by atoms with van der Waals surface area (Å²) >= 11 is 18.8. The number of hydrogen-bond acceptors (Lipinski definition) is 4. The molecule has 0 bridgehead atoms. The second kappa shape index (κ2) is 16.1. The molecule has 0 saturated heterocycles. The minimum absolute atomic E-state index is 0.00644. The van der Waals surface area contributed by atoms with Crippen LogP contribution in [0.4, 0.5) is 5.69 Å². The molecule has 0 aliphatic rings. The Hall–Kier alpha value is -3.56. The molecule has 2 amide bonds. The normalized spacial score (nSPS) is 11.9. The zero-order valence-electron chi connectivity index (χ0n) is 24.7. The van der Waals surface area contributed by atoms with Crippen LogP contribution >= 0.6 is 34.8 Å². The van der Waals surface area contributed by atoms with Crippen LogP contribution in [0.1, 0.15) is 30.9 Å². The van der Waals surface area contributed by atoms with Crippen LogP contribution in [0, 0.1) is 0 Å². The number of amides is 2. The van der Waals surface area contributed by atoms with Crippen LogP contribution < -0.4 is 9.62 Å². The number of sulfonamides is 1. The van der Waals surface area contributed by atoms with Gasteiger partial charge in [0, 0.05) is 24.5 Å². The summed E-state index contributed by atoms with van der Waals surface area (Å²) in [6, 6.07) is 27.5. The molecule has 0 spiro atoms. The topological polar surface area (TPSA) is 86.8 Å². The van der Waals surface area contributed by atoms with Gasteiger partial charge in [-0.3, -0.25) is 13.9 Å². The van der Waals surface area contributed by atoms with Crippen LogP contribution in [-0.4, -0.2) is 44.3 Å². The first-order chi connectivity index (χ1) is 21.6. The molecule has 0 aliphatic carbocycles. The first-order valence-electron chi connectivity index (χ1n) is 14.5. The highest BCUT2D eigenvalue weighted by molar-refractivity contribution is 7.92. The van der Waals surface area contributed by atoms with E-state index in [1.54, 1.807) is 54.6 Å². The average Bonchev–Trinajstić information content (AvgIpc) is 3.04. The van der Waals surface area contributed by atoms with Crippen LogP contribution in [0.5, 0.6) is 0 Å². The number of unbranched alkanes of at least 4 members (excludes halogenated alkanes) is 1. The van der Waals surface area contributed by atoms with E-state index in [1.165, 1.54) is 23.1 Å². The summed E-state index contributed by atoms with van der Waals surface area (Å²) in [6.45, 7) is 1.84. The van der Waals surface area contributed by atoms with E-state index in [0.29, 0.717) is 27.2 Å². The molecule has 236 valence electrons. The van der Waals surface area contributed by atoms with E-state index in [9.17, 15) is 18.0 Å². The summed E-state index contributed by atoms with van der Waals surface area (Å²) in [6.07, 6.45) is 1.85. The molecule has 1 N–H and O–H groups in total. The number of nitrogens with zero attached hydrogens (tertiary/aromatic N) is 2. The molecule has 45 heavy (non-hydrogen) atoms. The molecule has 11 heteroatoms. The Morgan fingerprint density at radius 3 is 2.13 bits per heavy atom. The zero-order chi connectivity index (χ0) is 32.4. The van der Waals surface area contributed by atoms with Crippen molar-refractivity contribution in [2.75, 3.05) is 17.4 Å². The fourth-order valence-corrected chi connectivity index (χ4v) is 6.71. The largest absolute Gasteiger partial charge is 0.354 e. The summed E-state index contributed by atoms with van der Waals surface area (Å²) in [4.78, 5) is 29.7. The Bertz CT molecular complexity index is 1710. The van der Waals surface area contributed by atoms with Gasteiger partial charge in [-0.1, -0.05) is 109 Å². The first-order valence-corrected chi connectivity index (χ1v) is 17.1. The Labute approximate surface area is 279 Å². The fourth-order valence-electron chi connectivity index (χ4n) is 4.77. The van der Waals surface area contributed by atoms with Crippen molar-refractivity contribution in [1.82, 2.24) is 10.2 Å².